The molecular weight excluding hydrogens is 208 g/mol. The second-order valence-electron chi connectivity index (χ2n) is 4.60. The summed E-state index contributed by atoms with van der Waals surface area (Å²) in [6.07, 6.45) is 3.14. The Morgan fingerprint density at radius 3 is 3.06 bits per heavy atom. The van der Waals surface area contributed by atoms with Crippen molar-refractivity contribution in [3.8, 4) is 0 Å². The molecule has 1 heterocycles. The lowest BCUT2D eigenvalue weighted by molar-refractivity contribution is 0.273. The van der Waals surface area contributed by atoms with E-state index in [4.69, 9.17) is 0 Å². The van der Waals surface area contributed by atoms with E-state index >= 15 is 0 Å². The number of rotatable bonds is 5. The molecule has 2 rings (SSSR count). The van der Waals surface area contributed by atoms with E-state index in [1.807, 2.05) is 6.08 Å². The highest BCUT2D eigenvalue weighted by molar-refractivity contribution is 5.32. The molecule has 17 heavy (non-hydrogen) atoms. The smallest absolute Gasteiger partial charge is 0.0452 e. The van der Waals surface area contributed by atoms with E-state index in [1.165, 1.54) is 11.1 Å². The molecule has 0 fully saturated rings. The highest BCUT2D eigenvalue weighted by Crippen LogP contribution is 2.23. The largest absolute Gasteiger partial charge is 0.309 e. The predicted molar refractivity (Wildman–Crippen MR) is 73.2 cm³/mol. The van der Waals surface area contributed by atoms with Crippen LogP contribution in [0.15, 0.2) is 36.9 Å². The van der Waals surface area contributed by atoms with Gasteiger partial charge >= 0.3 is 0 Å². The topological polar surface area (TPSA) is 15.3 Å². The molecule has 1 aromatic rings. The third-order valence-electron chi connectivity index (χ3n) is 3.49. The Morgan fingerprint density at radius 2 is 2.29 bits per heavy atom. The Balaban J connectivity index is 2.09. The van der Waals surface area contributed by atoms with Gasteiger partial charge < -0.3 is 5.32 Å². The van der Waals surface area contributed by atoms with Crippen molar-refractivity contribution in [2.24, 2.45) is 0 Å². The number of nitrogens with zero attached hydrogens (tertiary/aromatic N) is 1. The van der Waals surface area contributed by atoms with Crippen molar-refractivity contribution in [2.75, 3.05) is 26.2 Å². The fraction of sp³-hybridized carbons (Fsp3) is 0.467. The Labute approximate surface area is 104 Å². The molecule has 1 atom stereocenters. The van der Waals surface area contributed by atoms with Crippen molar-refractivity contribution in [2.45, 2.75) is 19.4 Å². The van der Waals surface area contributed by atoms with E-state index in [-0.39, 0.29) is 0 Å². The summed E-state index contributed by atoms with van der Waals surface area (Å²) in [5.41, 5.74) is 2.98. The molecule has 0 aliphatic carbocycles. The van der Waals surface area contributed by atoms with E-state index in [9.17, 15) is 0 Å². The van der Waals surface area contributed by atoms with Crippen molar-refractivity contribution in [1.29, 1.82) is 0 Å². The molecular formula is C15H22N2. The van der Waals surface area contributed by atoms with Gasteiger partial charge in [-0.15, -0.1) is 6.58 Å². The van der Waals surface area contributed by atoms with Crippen molar-refractivity contribution < 1.29 is 0 Å². The zero-order chi connectivity index (χ0) is 12.1. The second-order valence-corrected chi connectivity index (χ2v) is 4.60. The van der Waals surface area contributed by atoms with Crippen LogP contribution in [-0.4, -0.2) is 31.1 Å². The van der Waals surface area contributed by atoms with Gasteiger partial charge in [0.15, 0.2) is 0 Å². The molecule has 0 saturated heterocycles. The van der Waals surface area contributed by atoms with Gasteiger partial charge in [0.05, 0.1) is 0 Å². The molecule has 1 aliphatic heterocycles. The van der Waals surface area contributed by atoms with E-state index in [0.717, 1.165) is 32.6 Å². The summed E-state index contributed by atoms with van der Waals surface area (Å²) in [4.78, 5) is 2.42. The zero-order valence-electron chi connectivity index (χ0n) is 10.7. The van der Waals surface area contributed by atoms with Crippen molar-refractivity contribution in [1.82, 2.24) is 10.2 Å². The zero-order valence-corrected chi connectivity index (χ0v) is 10.7. The molecule has 92 valence electrons. The molecule has 2 heteroatoms. The lowest BCUT2D eigenvalue weighted by Gasteiger charge is -2.31. The Kier molecular flexibility index (Phi) is 4.35. The molecule has 0 amide bonds. The first-order valence-corrected chi connectivity index (χ1v) is 6.49. The minimum atomic E-state index is 0.472. The van der Waals surface area contributed by atoms with Gasteiger partial charge in [-0.05, 0) is 30.6 Å². The van der Waals surface area contributed by atoms with Gasteiger partial charge in [-0.1, -0.05) is 37.3 Å². The first kappa shape index (κ1) is 12.3. The number of likely N-dealkylation sites (N-methyl/N-ethyl adjacent to an activating group) is 1. The molecule has 1 aromatic carbocycles. The molecule has 1 aliphatic rings. The van der Waals surface area contributed by atoms with Crippen LogP contribution in [0.3, 0.4) is 0 Å². The molecule has 0 saturated carbocycles. The Hall–Kier alpha value is -1.12. The summed E-state index contributed by atoms with van der Waals surface area (Å²) in [5, 5.41) is 3.62. The van der Waals surface area contributed by atoms with Crippen molar-refractivity contribution >= 4 is 0 Å². The van der Waals surface area contributed by atoms with Crippen LogP contribution < -0.4 is 5.32 Å². The highest BCUT2D eigenvalue weighted by Gasteiger charge is 2.20. The third kappa shape index (κ3) is 2.96. The number of benzene rings is 1. The fourth-order valence-corrected chi connectivity index (χ4v) is 2.53. The molecule has 1 unspecified atom stereocenters. The third-order valence-corrected chi connectivity index (χ3v) is 3.49. The monoisotopic (exact) mass is 230 g/mol. The minimum absolute atomic E-state index is 0.472. The summed E-state index contributed by atoms with van der Waals surface area (Å²) in [6.45, 7) is 10.2. The standard InChI is InChI=1S/C15H22N2/c1-3-11-17(4-2)12-15-14-8-6-5-7-13(14)9-10-16-15/h3,5-8,15-16H,1,4,9-12H2,2H3. The number of fused-ring (bicyclic) bond motifs is 1. The summed E-state index contributed by atoms with van der Waals surface area (Å²) < 4.78 is 0. The van der Waals surface area contributed by atoms with Gasteiger partial charge in [0.2, 0.25) is 0 Å². The molecule has 0 bridgehead atoms. The number of hydrogen-bond acceptors (Lipinski definition) is 2. The van der Waals surface area contributed by atoms with Crippen molar-refractivity contribution in [3.63, 3.8) is 0 Å². The summed E-state index contributed by atoms with van der Waals surface area (Å²) >= 11 is 0. The minimum Gasteiger partial charge on any atom is -0.309 e. The predicted octanol–water partition coefficient (Wildman–Crippen LogP) is 2.38. The van der Waals surface area contributed by atoms with E-state index in [2.05, 4.69) is 48.0 Å². The van der Waals surface area contributed by atoms with E-state index < -0.39 is 0 Å². The SMILES string of the molecule is C=CCN(CC)CC1NCCc2ccccc21. The van der Waals surface area contributed by atoms with Crippen LogP contribution in [0.1, 0.15) is 24.1 Å². The quantitative estimate of drug-likeness (QED) is 0.781. The summed E-state index contributed by atoms with van der Waals surface area (Å²) in [7, 11) is 0. The van der Waals surface area contributed by atoms with Gasteiger partial charge in [0, 0.05) is 19.1 Å². The van der Waals surface area contributed by atoms with Crippen LogP contribution in [0.5, 0.6) is 0 Å². The Morgan fingerprint density at radius 1 is 1.47 bits per heavy atom. The fourth-order valence-electron chi connectivity index (χ4n) is 2.53. The lowest BCUT2D eigenvalue weighted by atomic mass is 9.94. The van der Waals surface area contributed by atoms with Gasteiger partial charge in [-0.3, -0.25) is 4.90 Å². The first-order chi connectivity index (χ1) is 8.35. The summed E-state index contributed by atoms with van der Waals surface area (Å²) in [6, 6.07) is 9.27. The molecule has 2 nitrogen and oxygen atoms in total. The van der Waals surface area contributed by atoms with Crippen LogP contribution in [0, 0.1) is 0 Å². The maximum atomic E-state index is 3.82. The molecule has 0 aromatic heterocycles. The van der Waals surface area contributed by atoms with Crippen molar-refractivity contribution in [3.05, 3.63) is 48.0 Å². The number of nitrogens with one attached hydrogen (secondary N) is 1. The Bertz CT molecular complexity index is 373. The number of hydrogen-bond donors (Lipinski definition) is 1. The second kappa shape index (κ2) is 5.99. The van der Waals surface area contributed by atoms with Gasteiger partial charge in [0.1, 0.15) is 0 Å². The molecule has 0 spiro atoms. The van der Waals surface area contributed by atoms with Gasteiger partial charge in [-0.25, -0.2) is 0 Å². The van der Waals surface area contributed by atoms with Crippen LogP contribution in [-0.2, 0) is 6.42 Å². The first-order valence-electron chi connectivity index (χ1n) is 6.49. The molecule has 0 radical (unpaired) electrons. The maximum Gasteiger partial charge on any atom is 0.0452 e. The normalized spacial score (nSPS) is 19.1. The van der Waals surface area contributed by atoms with E-state index in [1.54, 1.807) is 0 Å². The van der Waals surface area contributed by atoms with Crippen LogP contribution in [0.2, 0.25) is 0 Å². The maximum absolute atomic E-state index is 3.82. The van der Waals surface area contributed by atoms with Crippen LogP contribution >= 0.6 is 0 Å². The summed E-state index contributed by atoms with van der Waals surface area (Å²) in [5.74, 6) is 0. The van der Waals surface area contributed by atoms with Crippen LogP contribution in [0.4, 0.5) is 0 Å². The van der Waals surface area contributed by atoms with Gasteiger partial charge in [0.25, 0.3) is 0 Å². The van der Waals surface area contributed by atoms with Gasteiger partial charge in [-0.2, -0.15) is 0 Å². The average molecular weight is 230 g/mol. The van der Waals surface area contributed by atoms with E-state index in [0.29, 0.717) is 6.04 Å². The highest BCUT2D eigenvalue weighted by atomic mass is 15.1. The molecule has 1 N–H and O–H groups in total. The van der Waals surface area contributed by atoms with Crippen LogP contribution in [0.25, 0.3) is 0 Å². The average Bonchev–Trinajstić information content (AvgIpc) is 2.38. The lowest BCUT2D eigenvalue weighted by Crippen LogP contribution is -2.39.